The summed E-state index contributed by atoms with van der Waals surface area (Å²) in [4.78, 5) is 0.987. The van der Waals surface area contributed by atoms with Crippen LogP contribution < -0.4 is 4.72 Å². The molecule has 0 heterocycles. The molecule has 0 bridgehead atoms. The van der Waals surface area contributed by atoms with Gasteiger partial charge in [-0.25, -0.2) is 4.39 Å². The van der Waals surface area contributed by atoms with Gasteiger partial charge >= 0.3 is 0 Å². The fraction of sp³-hybridized carbons (Fsp3) is 0.250. The van der Waals surface area contributed by atoms with Crippen LogP contribution in [0.5, 0.6) is 0 Å². The Morgan fingerprint density at radius 1 is 1.10 bits per heavy atom. The van der Waals surface area contributed by atoms with E-state index in [-0.39, 0.29) is 11.9 Å². The highest BCUT2D eigenvalue weighted by Crippen LogP contribution is 2.15. The largest absolute Gasteiger partial charge is 0.375 e. The van der Waals surface area contributed by atoms with E-state index in [9.17, 15) is 4.39 Å². The molecular weight excluding hydrogens is 273 g/mol. The van der Waals surface area contributed by atoms with Crippen molar-refractivity contribution in [2.24, 2.45) is 0 Å². The van der Waals surface area contributed by atoms with Crippen molar-refractivity contribution in [3.8, 4) is 0 Å². The summed E-state index contributed by atoms with van der Waals surface area (Å²) in [6, 6.07) is 16.7. The minimum atomic E-state index is -0.214. The Labute approximate surface area is 123 Å². The SMILES string of the molecule is C[C@H](COCc1ccccc1)NSc1ccc(F)cc1. The average molecular weight is 291 g/mol. The summed E-state index contributed by atoms with van der Waals surface area (Å²) in [6.45, 7) is 3.30. The monoisotopic (exact) mass is 291 g/mol. The maximum absolute atomic E-state index is 12.8. The third-order valence-corrected chi connectivity index (χ3v) is 3.70. The van der Waals surface area contributed by atoms with E-state index < -0.39 is 0 Å². The van der Waals surface area contributed by atoms with Crippen molar-refractivity contribution in [1.82, 2.24) is 4.72 Å². The normalized spacial score (nSPS) is 12.3. The molecule has 0 aromatic heterocycles. The summed E-state index contributed by atoms with van der Waals surface area (Å²) in [5.74, 6) is -0.214. The Balaban J connectivity index is 1.65. The highest BCUT2D eigenvalue weighted by atomic mass is 32.2. The number of nitrogens with one attached hydrogen (secondary N) is 1. The van der Waals surface area contributed by atoms with Gasteiger partial charge in [0.05, 0.1) is 13.2 Å². The average Bonchev–Trinajstić information content (AvgIpc) is 2.48. The molecule has 0 aliphatic carbocycles. The van der Waals surface area contributed by atoms with Gasteiger partial charge in [-0.2, -0.15) is 0 Å². The zero-order valence-electron chi connectivity index (χ0n) is 11.4. The van der Waals surface area contributed by atoms with Gasteiger partial charge in [0, 0.05) is 10.9 Å². The van der Waals surface area contributed by atoms with Gasteiger partial charge in [-0.05, 0) is 48.7 Å². The smallest absolute Gasteiger partial charge is 0.123 e. The predicted octanol–water partition coefficient (Wildman–Crippen LogP) is 4.03. The van der Waals surface area contributed by atoms with Gasteiger partial charge in [0.25, 0.3) is 0 Å². The fourth-order valence-corrected chi connectivity index (χ4v) is 2.31. The van der Waals surface area contributed by atoms with Crippen LogP contribution in [0, 0.1) is 5.82 Å². The summed E-state index contributed by atoms with van der Waals surface area (Å²) in [5.41, 5.74) is 1.17. The maximum atomic E-state index is 12.8. The molecule has 0 radical (unpaired) electrons. The number of hydrogen-bond acceptors (Lipinski definition) is 3. The minimum absolute atomic E-state index is 0.214. The molecule has 20 heavy (non-hydrogen) atoms. The van der Waals surface area contributed by atoms with Crippen molar-refractivity contribution >= 4 is 11.9 Å². The van der Waals surface area contributed by atoms with E-state index in [1.807, 2.05) is 30.3 Å². The number of ether oxygens (including phenoxy) is 1. The summed E-state index contributed by atoms with van der Waals surface area (Å²) >= 11 is 1.49. The molecule has 106 valence electrons. The lowest BCUT2D eigenvalue weighted by molar-refractivity contribution is 0.109. The second-order valence-corrected chi connectivity index (χ2v) is 5.49. The van der Waals surface area contributed by atoms with Crippen LogP contribution in [0.15, 0.2) is 59.5 Å². The molecule has 0 saturated carbocycles. The van der Waals surface area contributed by atoms with Crippen LogP contribution in [-0.2, 0) is 11.3 Å². The lowest BCUT2D eigenvalue weighted by Crippen LogP contribution is -2.24. The molecule has 1 atom stereocenters. The van der Waals surface area contributed by atoms with E-state index in [0.29, 0.717) is 13.2 Å². The Morgan fingerprint density at radius 3 is 2.50 bits per heavy atom. The number of hydrogen-bond donors (Lipinski definition) is 1. The molecular formula is C16H18FNOS. The van der Waals surface area contributed by atoms with Gasteiger partial charge in [0.1, 0.15) is 5.82 Å². The molecule has 0 aliphatic rings. The predicted molar refractivity (Wildman–Crippen MR) is 81.0 cm³/mol. The van der Waals surface area contributed by atoms with Crippen LogP contribution in [-0.4, -0.2) is 12.6 Å². The standard InChI is InChI=1S/C16H18FNOS/c1-13(11-19-12-14-5-3-2-4-6-14)18-20-16-9-7-15(17)8-10-16/h2-10,13,18H,11-12H2,1H3/t13-/m1/s1. The lowest BCUT2D eigenvalue weighted by Gasteiger charge is -2.13. The minimum Gasteiger partial charge on any atom is -0.375 e. The van der Waals surface area contributed by atoms with Crippen molar-refractivity contribution < 1.29 is 9.13 Å². The van der Waals surface area contributed by atoms with Gasteiger partial charge in [-0.1, -0.05) is 30.3 Å². The van der Waals surface area contributed by atoms with Crippen LogP contribution in [0.25, 0.3) is 0 Å². The molecule has 4 heteroatoms. The molecule has 2 aromatic rings. The first-order valence-electron chi connectivity index (χ1n) is 6.53. The van der Waals surface area contributed by atoms with Crippen LogP contribution in [0.4, 0.5) is 4.39 Å². The first kappa shape index (κ1) is 15.0. The Kier molecular flexibility index (Phi) is 6.05. The third kappa shape index (κ3) is 5.33. The molecule has 0 unspecified atom stereocenters. The summed E-state index contributed by atoms with van der Waals surface area (Å²) in [6.07, 6.45) is 0. The molecule has 2 rings (SSSR count). The van der Waals surface area contributed by atoms with Crippen LogP contribution in [0.2, 0.25) is 0 Å². The topological polar surface area (TPSA) is 21.3 Å². The van der Waals surface area contributed by atoms with Crippen LogP contribution >= 0.6 is 11.9 Å². The Hall–Kier alpha value is -1.36. The molecule has 2 aromatic carbocycles. The van der Waals surface area contributed by atoms with Crippen molar-refractivity contribution in [2.45, 2.75) is 24.5 Å². The fourth-order valence-electron chi connectivity index (χ4n) is 1.63. The van der Waals surface area contributed by atoms with E-state index in [4.69, 9.17) is 4.74 Å². The van der Waals surface area contributed by atoms with E-state index in [0.717, 1.165) is 4.90 Å². The van der Waals surface area contributed by atoms with Crippen molar-refractivity contribution in [3.63, 3.8) is 0 Å². The van der Waals surface area contributed by atoms with Gasteiger partial charge in [-0.3, -0.25) is 4.72 Å². The van der Waals surface area contributed by atoms with E-state index in [1.165, 1.54) is 29.6 Å². The molecule has 0 amide bonds. The second-order valence-electron chi connectivity index (χ2n) is 4.58. The summed E-state index contributed by atoms with van der Waals surface area (Å²) in [5, 5.41) is 0. The summed E-state index contributed by atoms with van der Waals surface area (Å²) in [7, 11) is 0. The third-order valence-electron chi connectivity index (χ3n) is 2.67. The Bertz CT molecular complexity index is 504. The van der Waals surface area contributed by atoms with Gasteiger partial charge in [0.2, 0.25) is 0 Å². The zero-order valence-corrected chi connectivity index (χ0v) is 12.2. The Morgan fingerprint density at radius 2 is 1.80 bits per heavy atom. The van der Waals surface area contributed by atoms with E-state index >= 15 is 0 Å². The molecule has 2 nitrogen and oxygen atoms in total. The first-order valence-corrected chi connectivity index (χ1v) is 7.35. The first-order chi connectivity index (χ1) is 9.74. The second kappa shape index (κ2) is 8.04. The highest BCUT2D eigenvalue weighted by Gasteiger charge is 2.03. The summed E-state index contributed by atoms with van der Waals surface area (Å²) < 4.78 is 21.7. The van der Waals surface area contributed by atoms with Crippen LogP contribution in [0.3, 0.4) is 0 Å². The molecule has 0 saturated heterocycles. The lowest BCUT2D eigenvalue weighted by atomic mass is 10.2. The quantitative estimate of drug-likeness (QED) is 0.778. The molecule has 0 spiro atoms. The van der Waals surface area contributed by atoms with Crippen molar-refractivity contribution in [3.05, 3.63) is 66.0 Å². The molecule has 0 fully saturated rings. The van der Waals surface area contributed by atoms with E-state index in [1.54, 1.807) is 12.1 Å². The van der Waals surface area contributed by atoms with Gasteiger partial charge in [-0.15, -0.1) is 0 Å². The molecule has 1 N–H and O–H groups in total. The van der Waals surface area contributed by atoms with Crippen molar-refractivity contribution in [2.75, 3.05) is 6.61 Å². The highest BCUT2D eigenvalue weighted by molar-refractivity contribution is 7.97. The van der Waals surface area contributed by atoms with Crippen LogP contribution in [0.1, 0.15) is 12.5 Å². The zero-order chi connectivity index (χ0) is 14.2. The van der Waals surface area contributed by atoms with Crippen molar-refractivity contribution in [1.29, 1.82) is 0 Å². The van der Waals surface area contributed by atoms with E-state index in [2.05, 4.69) is 11.6 Å². The number of benzene rings is 2. The maximum Gasteiger partial charge on any atom is 0.123 e. The molecule has 0 aliphatic heterocycles. The number of rotatable bonds is 7. The van der Waals surface area contributed by atoms with Gasteiger partial charge in [0.15, 0.2) is 0 Å². The van der Waals surface area contributed by atoms with Gasteiger partial charge < -0.3 is 4.74 Å². The number of halogens is 1.